The molecule has 0 radical (unpaired) electrons. The number of ether oxygens (including phenoxy) is 1. The van der Waals surface area contributed by atoms with Gasteiger partial charge < -0.3 is 4.74 Å². The van der Waals surface area contributed by atoms with Crippen molar-refractivity contribution >= 4 is 11.7 Å². The predicted molar refractivity (Wildman–Crippen MR) is 60.1 cm³/mol. The van der Waals surface area contributed by atoms with Gasteiger partial charge in [-0.25, -0.2) is 14.8 Å². The van der Waals surface area contributed by atoms with Crippen molar-refractivity contribution in [2.75, 3.05) is 0 Å². The molecule has 0 amide bonds. The molecule has 7 nitrogen and oxygen atoms in total. The van der Waals surface area contributed by atoms with Crippen molar-refractivity contribution in [1.82, 2.24) is 9.97 Å². The summed E-state index contributed by atoms with van der Waals surface area (Å²) in [5, 5.41) is 10.4. The number of carbonyl (C=O) groups is 1. The van der Waals surface area contributed by atoms with Gasteiger partial charge in [0.15, 0.2) is 0 Å². The van der Waals surface area contributed by atoms with Crippen molar-refractivity contribution in [2.45, 2.75) is 0 Å². The quantitative estimate of drug-likeness (QED) is 0.352. The van der Waals surface area contributed by atoms with E-state index in [0.29, 0.717) is 0 Å². The molecule has 0 aliphatic carbocycles. The van der Waals surface area contributed by atoms with Crippen LogP contribution in [0.4, 0.5) is 5.69 Å². The summed E-state index contributed by atoms with van der Waals surface area (Å²) in [5.74, 6) is -0.599. The Morgan fingerprint density at radius 2 is 1.78 bits per heavy atom. The molecule has 1 heterocycles. The second kappa shape index (κ2) is 5.00. The first-order chi connectivity index (χ1) is 8.66. The van der Waals surface area contributed by atoms with Crippen LogP contribution >= 0.6 is 0 Å². The first-order valence-electron chi connectivity index (χ1n) is 4.90. The maximum absolute atomic E-state index is 11.6. The Bertz CT molecular complexity index is 569. The van der Waals surface area contributed by atoms with Crippen LogP contribution in [0, 0.1) is 10.1 Å². The molecule has 90 valence electrons. The second-order valence-corrected chi connectivity index (χ2v) is 3.21. The minimum Gasteiger partial charge on any atom is -0.421 e. The minimum absolute atomic E-state index is 0.0733. The first-order valence-corrected chi connectivity index (χ1v) is 4.90. The van der Waals surface area contributed by atoms with Gasteiger partial charge in [-0.2, -0.15) is 0 Å². The van der Waals surface area contributed by atoms with E-state index in [1.54, 1.807) is 6.07 Å². The van der Waals surface area contributed by atoms with Crippen molar-refractivity contribution in [3.8, 4) is 5.75 Å². The lowest BCUT2D eigenvalue weighted by Gasteiger charge is -2.02. The number of hydrogen-bond donors (Lipinski definition) is 0. The van der Waals surface area contributed by atoms with Crippen LogP contribution in [0.3, 0.4) is 0 Å². The predicted octanol–water partition coefficient (Wildman–Crippen LogP) is 1.60. The molecule has 0 unspecified atom stereocenters. The Morgan fingerprint density at radius 3 is 2.33 bits per heavy atom. The van der Waals surface area contributed by atoms with Gasteiger partial charge in [-0.3, -0.25) is 10.1 Å². The molecule has 2 aromatic rings. The maximum atomic E-state index is 11.6. The van der Waals surface area contributed by atoms with Crippen molar-refractivity contribution < 1.29 is 14.5 Å². The third-order valence-corrected chi connectivity index (χ3v) is 2.01. The summed E-state index contributed by atoms with van der Waals surface area (Å²) in [4.78, 5) is 28.9. The Hall–Kier alpha value is -2.83. The Morgan fingerprint density at radius 1 is 1.17 bits per heavy atom. The molecule has 18 heavy (non-hydrogen) atoms. The van der Waals surface area contributed by atoms with Gasteiger partial charge in [0.2, 0.25) is 5.82 Å². The average molecular weight is 245 g/mol. The lowest BCUT2D eigenvalue weighted by atomic mass is 10.3. The molecule has 1 aromatic carbocycles. The van der Waals surface area contributed by atoms with Crippen molar-refractivity contribution in [3.05, 3.63) is 58.7 Å². The molecule has 0 spiro atoms. The molecule has 0 saturated carbocycles. The van der Waals surface area contributed by atoms with Crippen molar-refractivity contribution in [2.24, 2.45) is 0 Å². The highest BCUT2D eigenvalue weighted by molar-refractivity contribution is 5.86. The third-order valence-electron chi connectivity index (χ3n) is 2.01. The Kier molecular flexibility index (Phi) is 3.24. The van der Waals surface area contributed by atoms with Gasteiger partial charge in [0.1, 0.15) is 5.75 Å². The molecule has 1 aromatic heterocycles. The molecule has 0 atom stereocenters. The van der Waals surface area contributed by atoms with Crippen LogP contribution < -0.4 is 4.74 Å². The van der Waals surface area contributed by atoms with Crippen molar-refractivity contribution in [1.29, 1.82) is 0 Å². The summed E-state index contributed by atoms with van der Waals surface area (Å²) in [5.41, 5.74) is -0.0780. The number of hydrogen-bond acceptors (Lipinski definition) is 6. The summed E-state index contributed by atoms with van der Waals surface area (Å²) in [6.07, 6.45) is 2.83. The number of esters is 1. The SMILES string of the molecule is O=C(Oc1ccc([N+](=O)[O-])cc1)c1ncccn1. The van der Waals surface area contributed by atoms with Gasteiger partial charge in [-0.15, -0.1) is 0 Å². The van der Waals surface area contributed by atoms with E-state index in [1.165, 1.54) is 36.7 Å². The van der Waals surface area contributed by atoms with Crippen LogP contribution in [0.1, 0.15) is 10.6 Å². The zero-order valence-corrected chi connectivity index (χ0v) is 9.02. The molecular formula is C11H7N3O4. The highest BCUT2D eigenvalue weighted by Crippen LogP contribution is 2.17. The van der Waals surface area contributed by atoms with Crippen LogP contribution in [0.25, 0.3) is 0 Å². The first kappa shape index (κ1) is 11.6. The molecule has 0 bridgehead atoms. The third kappa shape index (κ3) is 2.64. The Balaban J connectivity index is 2.10. The van der Waals surface area contributed by atoms with Crippen molar-refractivity contribution in [3.63, 3.8) is 0 Å². The average Bonchev–Trinajstić information content (AvgIpc) is 2.40. The van der Waals surface area contributed by atoms with E-state index in [1.807, 2.05) is 0 Å². The van der Waals surface area contributed by atoms with E-state index in [2.05, 4.69) is 9.97 Å². The number of aromatic nitrogens is 2. The number of nitro groups is 1. The van der Waals surface area contributed by atoms with E-state index >= 15 is 0 Å². The van der Waals surface area contributed by atoms with Crippen LogP contribution in [-0.2, 0) is 0 Å². The highest BCUT2D eigenvalue weighted by atomic mass is 16.6. The van der Waals surface area contributed by atoms with E-state index in [-0.39, 0.29) is 17.3 Å². The van der Waals surface area contributed by atoms with Gasteiger partial charge >= 0.3 is 5.97 Å². The normalized spacial score (nSPS) is 9.78. The van der Waals surface area contributed by atoms with Gasteiger partial charge in [-0.1, -0.05) is 0 Å². The van der Waals surface area contributed by atoms with E-state index in [9.17, 15) is 14.9 Å². The molecular weight excluding hydrogens is 238 g/mol. The smallest absolute Gasteiger partial charge is 0.381 e. The molecule has 0 aliphatic rings. The fourth-order valence-electron chi connectivity index (χ4n) is 1.19. The number of non-ortho nitro benzene ring substituents is 1. The summed E-state index contributed by atoms with van der Waals surface area (Å²) >= 11 is 0. The second-order valence-electron chi connectivity index (χ2n) is 3.21. The molecule has 2 rings (SSSR count). The van der Waals surface area contributed by atoms with Gasteiger partial charge in [0, 0.05) is 24.5 Å². The number of nitrogens with zero attached hydrogens (tertiary/aromatic N) is 3. The fourth-order valence-corrected chi connectivity index (χ4v) is 1.19. The molecule has 0 aliphatic heterocycles. The number of rotatable bonds is 3. The Labute approximate surface area is 101 Å². The van der Waals surface area contributed by atoms with Gasteiger partial charge in [0.25, 0.3) is 5.69 Å². The standard InChI is InChI=1S/C11H7N3O4/c15-11(10-12-6-1-7-13-10)18-9-4-2-8(3-5-9)14(16)17/h1-7H. The molecule has 0 N–H and O–H groups in total. The van der Waals surface area contributed by atoms with E-state index in [0.717, 1.165) is 0 Å². The van der Waals surface area contributed by atoms with Crippen LogP contribution in [0.15, 0.2) is 42.7 Å². The zero-order chi connectivity index (χ0) is 13.0. The summed E-state index contributed by atoms with van der Waals surface area (Å²) < 4.78 is 4.95. The minimum atomic E-state index is -0.718. The number of carbonyl (C=O) groups excluding carboxylic acids is 1. The lowest BCUT2D eigenvalue weighted by molar-refractivity contribution is -0.384. The maximum Gasteiger partial charge on any atom is 0.381 e. The van der Waals surface area contributed by atoms with E-state index in [4.69, 9.17) is 4.74 Å². The summed E-state index contributed by atoms with van der Waals surface area (Å²) in [7, 11) is 0. The summed E-state index contributed by atoms with van der Waals surface area (Å²) in [6.45, 7) is 0. The van der Waals surface area contributed by atoms with Crippen LogP contribution in [0.2, 0.25) is 0 Å². The van der Waals surface area contributed by atoms with Gasteiger partial charge in [0.05, 0.1) is 4.92 Å². The van der Waals surface area contributed by atoms with Crippen LogP contribution in [0.5, 0.6) is 5.75 Å². The van der Waals surface area contributed by atoms with Crippen LogP contribution in [-0.4, -0.2) is 20.9 Å². The topological polar surface area (TPSA) is 95.2 Å². The van der Waals surface area contributed by atoms with Gasteiger partial charge in [-0.05, 0) is 18.2 Å². The number of nitro benzene ring substituents is 1. The van der Waals surface area contributed by atoms with E-state index < -0.39 is 10.9 Å². The molecule has 0 fully saturated rings. The largest absolute Gasteiger partial charge is 0.421 e. The molecule has 7 heteroatoms. The zero-order valence-electron chi connectivity index (χ0n) is 9.02. The summed E-state index contributed by atoms with van der Waals surface area (Å²) in [6, 6.07) is 6.73. The fraction of sp³-hybridized carbons (Fsp3) is 0. The number of benzene rings is 1. The molecule has 0 saturated heterocycles. The lowest BCUT2D eigenvalue weighted by Crippen LogP contribution is -2.12. The highest BCUT2D eigenvalue weighted by Gasteiger charge is 2.12. The monoisotopic (exact) mass is 245 g/mol.